The molecule has 9 aliphatic rings. The molecule has 5 heterocycles. The monoisotopic (exact) mass is 714 g/mol. The van der Waals surface area contributed by atoms with E-state index < -0.39 is 4.52 Å². The summed E-state index contributed by atoms with van der Waals surface area (Å²) in [5.41, 5.74) is 0. The van der Waals surface area contributed by atoms with Crippen LogP contribution in [-0.2, 0) is 19.5 Å². The first kappa shape index (κ1) is 33.0. The predicted octanol–water partition coefficient (Wildman–Crippen LogP) is 2.95. The first-order valence-corrected chi connectivity index (χ1v) is 19.4. The third-order valence-electron chi connectivity index (χ3n) is 14.3. The van der Waals surface area contributed by atoms with E-state index in [9.17, 15) is 5.11 Å². The van der Waals surface area contributed by atoms with Crippen molar-refractivity contribution >= 4 is 23.2 Å². The average molecular weight is 717 g/mol. The third kappa shape index (κ3) is 5.93. The van der Waals surface area contributed by atoms with Crippen molar-refractivity contribution in [3.05, 3.63) is 0 Å². The van der Waals surface area contributed by atoms with Gasteiger partial charge in [-0.05, 0) is 92.8 Å². The molecule has 0 aromatic carbocycles. The van der Waals surface area contributed by atoms with Gasteiger partial charge in [-0.2, -0.15) is 0 Å². The van der Waals surface area contributed by atoms with E-state index in [1.54, 1.807) is 0 Å². The van der Waals surface area contributed by atoms with Crippen molar-refractivity contribution in [3.8, 4) is 0 Å². The van der Waals surface area contributed by atoms with Gasteiger partial charge in [-0.1, -0.05) is 68.1 Å². The number of hydrogen-bond acceptors (Lipinski definition) is 9. The SMILES string of the molecule is OC(Cl)(Cl)C1CCCC2C3NC4NC(NC5NC(NC6NC(NC(N3)C21)C1CCCCC61)C1CCCCC51)C1CCCCC41.[Zn]. The quantitative estimate of drug-likeness (QED) is 0.149. The van der Waals surface area contributed by atoms with Gasteiger partial charge < -0.3 is 5.11 Å². The molecule has 9 nitrogen and oxygen atoms in total. The zero-order valence-corrected chi connectivity index (χ0v) is 31.3. The van der Waals surface area contributed by atoms with Crippen molar-refractivity contribution in [3.63, 3.8) is 0 Å². The van der Waals surface area contributed by atoms with Crippen LogP contribution in [0, 0.1) is 53.3 Å². The van der Waals surface area contributed by atoms with Crippen LogP contribution < -0.4 is 42.5 Å². The Morgan fingerprint density at radius 3 is 0.956 bits per heavy atom. The van der Waals surface area contributed by atoms with Gasteiger partial charge in [0.05, 0.1) is 49.3 Å². The van der Waals surface area contributed by atoms with Gasteiger partial charge in [0.2, 0.25) is 4.52 Å². The molecule has 0 aromatic rings. The molecule has 9 N–H and O–H groups in total. The molecule has 4 aliphatic carbocycles. The first-order chi connectivity index (χ1) is 21.4. The van der Waals surface area contributed by atoms with Gasteiger partial charge >= 0.3 is 0 Å². The second kappa shape index (κ2) is 13.2. The summed E-state index contributed by atoms with van der Waals surface area (Å²) in [5, 5.41) is 44.2. The Bertz CT molecular complexity index is 1050. The summed E-state index contributed by atoms with van der Waals surface area (Å²) in [5.74, 6) is 4.21. The van der Waals surface area contributed by atoms with Crippen LogP contribution in [0.1, 0.15) is 96.3 Å². The van der Waals surface area contributed by atoms with E-state index in [0.29, 0.717) is 66.1 Å². The molecule has 4 saturated carbocycles. The van der Waals surface area contributed by atoms with Crippen molar-refractivity contribution in [2.24, 2.45) is 53.3 Å². The molecule has 250 valence electrons. The van der Waals surface area contributed by atoms with Crippen molar-refractivity contribution in [1.29, 1.82) is 0 Å². The Labute approximate surface area is 292 Å². The smallest absolute Gasteiger partial charge is 0.218 e. The minimum Gasteiger partial charge on any atom is -0.362 e. The molecule has 9 fully saturated rings. The molecule has 0 radical (unpaired) electrons. The Balaban J connectivity index is 0.00000300. The number of hydrogen-bond donors (Lipinski definition) is 9. The number of aliphatic hydroxyl groups is 1. The average Bonchev–Trinajstić information content (AvgIpc) is 3.76. The summed E-state index contributed by atoms with van der Waals surface area (Å²) >= 11 is 13.1. The summed E-state index contributed by atoms with van der Waals surface area (Å²) in [6, 6.07) is 0. The van der Waals surface area contributed by atoms with E-state index >= 15 is 0 Å². The minimum atomic E-state index is -1.73. The van der Waals surface area contributed by atoms with Crippen LogP contribution in [0.15, 0.2) is 0 Å². The Hall–Kier alpha value is 0.843. The molecule has 0 aromatic heterocycles. The Morgan fingerprint density at radius 2 is 0.644 bits per heavy atom. The van der Waals surface area contributed by atoms with Gasteiger partial charge in [-0.15, -0.1) is 0 Å². The van der Waals surface area contributed by atoms with Gasteiger partial charge in [0, 0.05) is 31.3 Å². The van der Waals surface area contributed by atoms with E-state index in [2.05, 4.69) is 42.5 Å². The number of halogens is 2. The summed E-state index contributed by atoms with van der Waals surface area (Å²) in [6.07, 6.45) is 20.8. The van der Waals surface area contributed by atoms with Crippen LogP contribution in [-0.4, -0.2) is 59.0 Å². The van der Waals surface area contributed by atoms with Crippen LogP contribution in [0.25, 0.3) is 0 Å². The Kier molecular flexibility index (Phi) is 9.68. The van der Waals surface area contributed by atoms with Crippen molar-refractivity contribution in [1.82, 2.24) is 42.5 Å². The summed E-state index contributed by atoms with van der Waals surface area (Å²) in [4.78, 5) is 0. The Morgan fingerprint density at radius 1 is 0.378 bits per heavy atom. The van der Waals surface area contributed by atoms with Crippen LogP contribution in [0.3, 0.4) is 0 Å². The summed E-state index contributed by atoms with van der Waals surface area (Å²) in [6.45, 7) is 0. The first-order valence-electron chi connectivity index (χ1n) is 18.6. The van der Waals surface area contributed by atoms with Gasteiger partial charge in [0.15, 0.2) is 0 Å². The predicted molar refractivity (Wildman–Crippen MR) is 173 cm³/mol. The van der Waals surface area contributed by atoms with Gasteiger partial charge in [0.25, 0.3) is 0 Å². The van der Waals surface area contributed by atoms with Gasteiger partial charge in [-0.3, -0.25) is 42.5 Å². The molecule has 8 bridgehead atoms. The summed E-state index contributed by atoms with van der Waals surface area (Å²) in [7, 11) is 0. The fraction of sp³-hybridized carbons (Fsp3) is 1.00. The van der Waals surface area contributed by atoms with E-state index in [0.717, 1.165) is 19.3 Å². The van der Waals surface area contributed by atoms with E-state index in [1.165, 1.54) is 77.0 Å². The maximum absolute atomic E-state index is 11.0. The van der Waals surface area contributed by atoms with E-state index in [1.807, 2.05) is 0 Å². The van der Waals surface area contributed by atoms with Gasteiger partial charge in [0.1, 0.15) is 0 Å². The number of rotatable bonds is 1. The van der Waals surface area contributed by atoms with E-state index in [-0.39, 0.29) is 56.0 Å². The maximum Gasteiger partial charge on any atom is 0.218 e. The standard InChI is InChI=1S/C33H56Cl2N8O.Zn/c34-33(35,44)23-15-7-14-22-24(23)32-42-30-21-13-6-5-12-20(21)28(40-30)38-26-17-9-2-1-8-16(17)25(36-26)37-27-18-10-3-4-11-19(18)29(39-27)41-31(22)43-32;/h16-32,36-44H,1-15H2;. The molecule has 12 heteroatoms. The molecule has 45 heavy (non-hydrogen) atoms. The maximum atomic E-state index is 11.0. The van der Waals surface area contributed by atoms with Crippen LogP contribution in [0.4, 0.5) is 0 Å². The summed E-state index contributed by atoms with van der Waals surface area (Å²) < 4.78 is -1.73. The third-order valence-corrected chi connectivity index (χ3v) is 14.9. The van der Waals surface area contributed by atoms with Crippen LogP contribution >= 0.6 is 23.2 Å². The minimum absolute atomic E-state index is 0. The largest absolute Gasteiger partial charge is 0.362 e. The van der Waals surface area contributed by atoms with Crippen LogP contribution in [0.5, 0.6) is 0 Å². The van der Waals surface area contributed by atoms with Gasteiger partial charge in [-0.25, -0.2) is 0 Å². The van der Waals surface area contributed by atoms with Crippen molar-refractivity contribution in [2.75, 3.05) is 0 Å². The second-order valence-electron chi connectivity index (χ2n) is 16.4. The number of alkyl halides is 2. The number of nitrogens with one attached hydrogen (secondary N) is 8. The molecule has 0 amide bonds. The molecule has 9 rings (SSSR count). The second-order valence-corrected chi connectivity index (χ2v) is 17.7. The van der Waals surface area contributed by atoms with E-state index in [4.69, 9.17) is 23.2 Å². The molecule has 5 saturated heterocycles. The normalized spacial score (nSPS) is 54.3. The molecule has 17 unspecified atom stereocenters. The molecular formula is C33H56Cl2N8OZn. The topological polar surface area (TPSA) is 116 Å². The van der Waals surface area contributed by atoms with Crippen molar-refractivity contribution < 1.29 is 24.6 Å². The zero-order valence-electron chi connectivity index (χ0n) is 26.8. The molecule has 5 aliphatic heterocycles. The molecular weight excluding hydrogens is 661 g/mol. The zero-order chi connectivity index (χ0) is 29.6. The fourth-order valence-electron chi connectivity index (χ4n) is 12.5. The van der Waals surface area contributed by atoms with Crippen molar-refractivity contribution in [2.45, 2.75) is 150 Å². The number of fused-ring (bicyclic) bond motifs is 20. The fourth-order valence-corrected chi connectivity index (χ4v) is 13.0. The van der Waals surface area contributed by atoms with Crippen LogP contribution in [0.2, 0.25) is 0 Å². The molecule has 0 spiro atoms. The molecule has 17 atom stereocenters.